The lowest BCUT2D eigenvalue weighted by Crippen LogP contribution is -2.33. The third kappa shape index (κ3) is 2.71. The number of nitrogens with zero attached hydrogens (tertiary/aromatic N) is 1. The molecule has 0 amide bonds. The molecule has 1 aliphatic heterocycles. The first-order chi connectivity index (χ1) is 10.6. The topological polar surface area (TPSA) is 41.6 Å². The minimum Gasteiger partial charge on any atom is -0.465 e. The van der Waals surface area contributed by atoms with Crippen LogP contribution in [0, 0.1) is 6.92 Å². The number of hydrogen-bond acceptors (Lipinski definition) is 4. The monoisotopic (exact) mass is 332 g/mol. The molecule has 0 fully saturated rings. The Morgan fingerprint density at radius 2 is 2.18 bits per heavy atom. The molecule has 1 N–H and O–H groups in total. The summed E-state index contributed by atoms with van der Waals surface area (Å²) in [4.78, 5) is 14.9. The van der Waals surface area contributed by atoms with E-state index in [4.69, 9.17) is 17.0 Å². The van der Waals surface area contributed by atoms with Gasteiger partial charge in [0.1, 0.15) is 5.00 Å². The number of ether oxygens (including phenoxy) is 1. The first kappa shape index (κ1) is 15.0. The number of thiophene rings is 1. The number of thiocarbonyl (C=S) groups is 1. The third-order valence-electron chi connectivity index (χ3n) is 3.61. The van der Waals surface area contributed by atoms with E-state index in [9.17, 15) is 4.79 Å². The van der Waals surface area contributed by atoms with E-state index in [-0.39, 0.29) is 5.97 Å². The fourth-order valence-corrected chi connectivity index (χ4v) is 3.84. The van der Waals surface area contributed by atoms with Gasteiger partial charge in [0.2, 0.25) is 0 Å². The van der Waals surface area contributed by atoms with Gasteiger partial charge in [-0.05, 0) is 43.3 Å². The van der Waals surface area contributed by atoms with Crippen molar-refractivity contribution in [1.29, 1.82) is 0 Å². The lowest BCUT2D eigenvalue weighted by atomic mass is 10.2. The number of methoxy groups -OCH3 is 1. The number of benzene rings is 1. The number of fused-ring (bicyclic) bond motifs is 1. The van der Waals surface area contributed by atoms with Crippen molar-refractivity contribution in [2.75, 3.05) is 23.9 Å². The van der Waals surface area contributed by atoms with E-state index in [0.717, 1.165) is 28.5 Å². The molecule has 0 radical (unpaired) electrons. The molecular formula is C16H16N2O2S2. The fraction of sp³-hybridized carbons (Fsp3) is 0.250. The number of carbonyl (C=O) groups excluding carboxylic acids is 1. The van der Waals surface area contributed by atoms with Crippen LogP contribution in [0.15, 0.2) is 30.3 Å². The number of nitrogens with one attached hydrogen (secondary N) is 1. The zero-order valence-electron chi connectivity index (χ0n) is 12.4. The van der Waals surface area contributed by atoms with Crippen LogP contribution in [0.2, 0.25) is 0 Å². The second-order valence-corrected chi connectivity index (χ2v) is 6.69. The van der Waals surface area contributed by atoms with Gasteiger partial charge in [-0.1, -0.05) is 18.2 Å². The molecule has 1 aromatic carbocycles. The van der Waals surface area contributed by atoms with Crippen LogP contribution in [-0.4, -0.2) is 24.7 Å². The Balaban J connectivity index is 1.83. The molecule has 0 unspecified atom stereocenters. The molecule has 114 valence electrons. The van der Waals surface area contributed by atoms with Gasteiger partial charge < -0.3 is 15.0 Å². The van der Waals surface area contributed by atoms with Crippen molar-refractivity contribution in [3.63, 3.8) is 0 Å². The summed E-state index contributed by atoms with van der Waals surface area (Å²) >= 11 is 7.03. The lowest BCUT2D eigenvalue weighted by molar-refractivity contribution is 0.0602. The second-order valence-electron chi connectivity index (χ2n) is 5.05. The molecule has 22 heavy (non-hydrogen) atoms. The molecule has 0 saturated carbocycles. The molecule has 2 heterocycles. The summed E-state index contributed by atoms with van der Waals surface area (Å²) in [6.45, 7) is 2.81. The summed E-state index contributed by atoms with van der Waals surface area (Å²) in [5.41, 5.74) is 2.95. The highest BCUT2D eigenvalue weighted by Crippen LogP contribution is 2.31. The quantitative estimate of drug-likeness (QED) is 0.672. The Morgan fingerprint density at radius 3 is 2.95 bits per heavy atom. The van der Waals surface area contributed by atoms with E-state index in [2.05, 4.69) is 22.3 Å². The van der Waals surface area contributed by atoms with Gasteiger partial charge in [-0.15, -0.1) is 11.3 Å². The molecule has 3 rings (SSSR count). The zero-order chi connectivity index (χ0) is 15.7. The van der Waals surface area contributed by atoms with Crippen LogP contribution in [0.1, 0.15) is 20.8 Å². The predicted octanol–water partition coefficient (Wildman–Crippen LogP) is 3.60. The van der Waals surface area contributed by atoms with Gasteiger partial charge in [0, 0.05) is 17.1 Å². The molecule has 0 aliphatic carbocycles. The van der Waals surface area contributed by atoms with Crippen molar-refractivity contribution in [2.45, 2.75) is 13.3 Å². The van der Waals surface area contributed by atoms with Crippen LogP contribution in [0.25, 0.3) is 0 Å². The maximum Gasteiger partial charge on any atom is 0.340 e. The minimum atomic E-state index is -0.350. The molecule has 0 spiro atoms. The summed E-state index contributed by atoms with van der Waals surface area (Å²) in [6.07, 6.45) is 0.978. The molecule has 0 atom stereocenters. The number of anilines is 2. The molecule has 1 aromatic heterocycles. The number of carbonyl (C=O) groups is 1. The third-order valence-corrected chi connectivity index (χ3v) is 4.90. The van der Waals surface area contributed by atoms with Crippen molar-refractivity contribution in [3.8, 4) is 0 Å². The SMILES string of the molecule is COC(=O)c1cc(C)sc1NC(=S)N1CCc2ccccc21. The normalized spacial score (nSPS) is 12.9. The average molecular weight is 332 g/mol. The number of aryl methyl sites for hydroxylation is 1. The second kappa shape index (κ2) is 6.06. The Kier molecular flexibility index (Phi) is 4.13. The first-order valence-corrected chi connectivity index (χ1v) is 8.18. The van der Waals surface area contributed by atoms with Crippen LogP contribution in [0.3, 0.4) is 0 Å². The number of hydrogen-bond donors (Lipinski definition) is 1. The van der Waals surface area contributed by atoms with Gasteiger partial charge in [-0.2, -0.15) is 0 Å². The molecule has 6 heteroatoms. The molecule has 0 bridgehead atoms. The summed E-state index contributed by atoms with van der Waals surface area (Å²) in [5, 5.41) is 4.55. The Labute approximate surface area is 138 Å². The maximum atomic E-state index is 11.8. The average Bonchev–Trinajstić information content (AvgIpc) is 3.10. The molecule has 1 aliphatic rings. The number of esters is 1. The van der Waals surface area contributed by atoms with Crippen LogP contribution in [0.4, 0.5) is 10.7 Å². The molecule has 2 aromatic rings. The van der Waals surface area contributed by atoms with E-state index in [0.29, 0.717) is 10.7 Å². The zero-order valence-corrected chi connectivity index (χ0v) is 14.0. The van der Waals surface area contributed by atoms with E-state index in [1.807, 2.05) is 25.1 Å². The van der Waals surface area contributed by atoms with Gasteiger partial charge in [0.05, 0.1) is 12.7 Å². The number of rotatable bonds is 2. The molecule has 0 saturated heterocycles. The lowest BCUT2D eigenvalue weighted by Gasteiger charge is -2.21. The Hall–Kier alpha value is -1.92. The van der Waals surface area contributed by atoms with Crippen molar-refractivity contribution in [1.82, 2.24) is 0 Å². The van der Waals surface area contributed by atoms with Crippen molar-refractivity contribution < 1.29 is 9.53 Å². The summed E-state index contributed by atoms with van der Waals surface area (Å²) in [7, 11) is 1.38. The van der Waals surface area contributed by atoms with Gasteiger partial charge in [-0.25, -0.2) is 4.79 Å². The molecular weight excluding hydrogens is 316 g/mol. The fourth-order valence-electron chi connectivity index (χ4n) is 2.58. The van der Waals surface area contributed by atoms with Gasteiger partial charge in [0.25, 0.3) is 0 Å². The van der Waals surface area contributed by atoms with Crippen LogP contribution >= 0.6 is 23.6 Å². The van der Waals surface area contributed by atoms with Crippen LogP contribution < -0.4 is 10.2 Å². The van der Waals surface area contributed by atoms with E-state index >= 15 is 0 Å². The van der Waals surface area contributed by atoms with Crippen molar-refractivity contribution >= 4 is 45.3 Å². The van der Waals surface area contributed by atoms with Crippen LogP contribution in [0.5, 0.6) is 0 Å². The highest BCUT2D eigenvalue weighted by molar-refractivity contribution is 7.80. The summed E-state index contributed by atoms with van der Waals surface area (Å²) in [6, 6.07) is 10.1. The van der Waals surface area contributed by atoms with Gasteiger partial charge >= 0.3 is 5.97 Å². The molecule has 4 nitrogen and oxygen atoms in total. The summed E-state index contributed by atoms with van der Waals surface area (Å²) < 4.78 is 4.82. The smallest absolute Gasteiger partial charge is 0.340 e. The Bertz CT molecular complexity index is 739. The summed E-state index contributed by atoms with van der Waals surface area (Å²) in [5.74, 6) is -0.350. The first-order valence-electron chi connectivity index (χ1n) is 6.95. The standard InChI is InChI=1S/C16H16N2O2S2/c1-10-9-12(15(19)20-2)14(22-10)17-16(21)18-8-7-11-5-3-4-6-13(11)18/h3-6,9H,7-8H2,1-2H3,(H,17,21). The van der Waals surface area contributed by atoms with Gasteiger partial charge in [-0.3, -0.25) is 0 Å². The van der Waals surface area contributed by atoms with Crippen molar-refractivity contribution in [3.05, 3.63) is 46.3 Å². The Morgan fingerprint density at radius 1 is 1.41 bits per heavy atom. The predicted molar refractivity (Wildman–Crippen MR) is 94.1 cm³/mol. The highest BCUT2D eigenvalue weighted by atomic mass is 32.1. The minimum absolute atomic E-state index is 0.350. The van der Waals surface area contributed by atoms with E-state index < -0.39 is 0 Å². The number of para-hydroxylation sites is 1. The van der Waals surface area contributed by atoms with E-state index in [1.165, 1.54) is 24.0 Å². The largest absolute Gasteiger partial charge is 0.465 e. The maximum absolute atomic E-state index is 11.8. The van der Waals surface area contributed by atoms with Crippen molar-refractivity contribution in [2.24, 2.45) is 0 Å². The van der Waals surface area contributed by atoms with E-state index in [1.54, 1.807) is 0 Å². The van der Waals surface area contributed by atoms with Crippen LogP contribution in [-0.2, 0) is 11.2 Å². The highest BCUT2D eigenvalue weighted by Gasteiger charge is 2.23. The van der Waals surface area contributed by atoms with Gasteiger partial charge in [0.15, 0.2) is 5.11 Å².